The lowest BCUT2D eigenvalue weighted by Crippen LogP contribution is -2.45. The number of carbonyl (C=O) groups is 2. The molecule has 2 rings (SSSR count). The highest BCUT2D eigenvalue weighted by atomic mass is 127. The highest BCUT2D eigenvalue weighted by Gasteiger charge is 2.33. The van der Waals surface area contributed by atoms with Crippen LogP contribution < -0.4 is 5.32 Å². The normalized spacial score (nSPS) is 22.9. The van der Waals surface area contributed by atoms with Crippen molar-refractivity contribution < 1.29 is 9.59 Å². The lowest BCUT2D eigenvalue weighted by Gasteiger charge is -2.28. The lowest BCUT2D eigenvalue weighted by atomic mass is 10.1. The van der Waals surface area contributed by atoms with Gasteiger partial charge in [-0.1, -0.05) is 25.5 Å². The first-order valence-corrected chi connectivity index (χ1v) is 8.43. The largest absolute Gasteiger partial charge is 0.344 e. The van der Waals surface area contributed by atoms with Crippen molar-refractivity contribution in [3.05, 3.63) is 33.4 Å². The second kappa shape index (κ2) is 7.24. The zero-order chi connectivity index (χ0) is 15.4. The second-order valence-corrected chi connectivity index (χ2v) is 6.80. The van der Waals surface area contributed by atoms with Gasteiger partial charge >= 0.3 is 0 Å². The van der Waals surface area contributed by atoms with Gasteiger partial charge in [-0.3, -0.25) is 9.59 Å². The number of benzene rings is 1. The molecule has 1 heterocycles. The Morgan fingerprint density at radius 2 is 1.95 bits per heavy atom. The van der Waals surface area contributed by atoms with Crippen molar-refractivity contribution in [1.29, 1.82) is 0 Å². The minimum atomic E-state index is -0.378. The Bertz CT molecular complexity index is 516. The molecule has 1 aromatic carbocycles. The fraction of sp³-hybridized carbons (Fsp3) is 0.500. The van der Waals surface area contributed by atoms with E-state index in [9.17, 15) is 9.59 Å². The zero-order valence-corrected chi connectivity index (χ0v) is 14.6. The van der Waals surface area contributed by atoms with Gasteiger partial charge in [-0.2, -0.15) is 0 Å². The van der Waals surface area contributed by atoms with Crippen LogP contribution in [0.3, 0.4) is 0 Å². The molecule has 0 aromatic heterocycles. The topological polar surface area (TPSA) is 49.4 Å². The molecule has 114 valence electrons. The Morgan fingerprint density at radius 3 is 2.57 bits per heavy atom. The van der Waals surface area contributed by atoms with E-state index in [4.69, 9.17) is 0 Å². The molecule has 21 heavy (non-hydrogen) atoms. The molecule has 1 aliphatic rings. The number of halogens is 1. The molecule has 0 aliphatic carbocycles. The first kappa shape index (κ1) is 16.3. The van der Waals surface area contributed by atoms with Gasteiger partial charge in [-0.15, -0.1) is 0 Å². The van der Waals surface area contributed by atoms with Gasteiger partial charge in [-0.25, -0.2) is 0 Å². The van der Waals surface area contributed by atoms with Crippen LogP contribution in [-0.2, 0) is 16.1 Å². The summed E-state index contributed by atoms with van der Waals surface area (Å²) in [5.41, 5.74) is 1.10. The molecule has 1 fully saturated rings. The minimum absolute atomic E-state index is 0.0283. The number of nitrogens with zero attached hydrogens (tertiary/aromatic N) is 1. The third-order valence-corrected chi connectivity index (χ3v) is 4.49. The Balaban J connectivity index is 2.19. The fourth-order valence-corrected chi connectivity index (χ4v) is 2.98. The highest BCUT2D eigenvalue weighted by molar-refractivity contribution is 14.1. The third-order valence-electron chi connectivity index (χ3n) is 3.77. The molecular formula is C16H21IN2O2. The summed E-state index contributed by atoms with van der Waals surface area (Å²) in [6, 6.07) is 7.70. The highest BCUT2D eigenvalue weighted by Crippen LogP contribution is 2.18. The van der Waals surface area contributed by atoms with Gasteiger partial charge in [0.15, 0.2) is 0 Å². The van der Waals surface area contributed by atoms with Crippen molar-refractivity contribution in [1.82, 2.24) is 10.2 Å². The average molecular weight is 400 g/mol. The maximum Gasteiger partial charge on any atom is 0.245 e. The number of amides is 2. The predicted octanol–water partition coefficient (Wildman–Crippen LogP) is 2.70. The monoisotopic (exact) mass is 400 g/mol. The summed E-state index contributed by atoms with van der Waals surface area (Å²) in [6.45, 7) is 4.53. The van der Waals surface area contributed by atoms with Crippen LogP contribution in [0.2, 0.25) is 0 Å². The molecule has 5 heteroatoms. The number of rotatable bonds is 4. The average Bonchev–Trinajstić information content (AvgIpc) is 2.53. The summed E-state index contributed by atoms with van der Waals surface area (Å²) in [6.07, 6.45) is 1.94. The molecule has 0 bridgehead atoms. The number of hydrogen-bond donors (Lipinski definition) is 1. The van der Waals surface area contributed by atoms with Crippen molar-refractivity contribution in [2.75, 3.05) is 0 Å². The van der Waals surface area contributed by atoms with E-state index >= 15 is 0 Å². The molecule has 2 unspecified atom stereocenters. The van der Waals surface area contributed by atoms with E-state index < -0.39 is 0 Å². The molecule has 1 N–H and O–H groups in total. The van der Waals surface area contributed by atoms with E-state index in [-0.39, 0.29) is 23.9 Å². The van der Waals surface area contributed by atoms with Crippen LogP contribution in [0.25, 0.3) is 0 Å². The van der Waals surface area contributed by atoms with Gasteiger partial charge in [0.2, 0.25) is 11.8 Å². The van der Waals surface area contributed by atoms with Crippen molar-refractivity contribution in [3.63, 3.8) is 0 Å². The lowest BCUT2D eigenvalue weighted by molar-refractivity contribution is -0.135. The second-order valence-electron chi connectivity index (χ2n) is 5.55. The molecule has 1 aromatic rings. The first-order chi connectivity index (χ1) is 10.0. The fourth-order valence-electron chi connectivity index (χ4n) is 2.62. The van der Waals surface area contributed by atoms with Gasteiger partial charge in [-0.05, 0) is 53.6 Å². The Hall–Kier alpha value is -1.11. The van der Waals surface area contributed by atoms with Crippen LogP contribution in [0.1, 0.15) is 38.7 Å². The van der Waals surface area contributed by atoms with Crippen LogP contribution in [-0.4, -0.2) is 28.8 Å². The molecule has 0 radical (unpaired) electrons. The van der Waals surface area contributed by atoms with Gasteiger partial charge in [0.1, 0.15) is 6.04 Å². The molecule has 0 saturated carbocycles. The van der Waals surface area contributed by atoms with Crippen molar-refractivity contribution >= 4 is 34.4 Å². The molecule has 0 spiro atoms. The summed E-state index contributed by atoms with van der Waals surface area (Å²) >= 11 is 2.26. The van der Waals surface area contributed by atoms with Crippen LogP contribution in [0, 0.1) is 3.57 Å². The van der Waals surface area contributed by atoms with Crippen LogP contribution in [0.5, 0.6) is 0 Å². The first-order valence-electron chi connectivity index (χ1n) is 7.35. The Kier molecular flexibility index (Phi) is 5.61. The quantitative estimate of drug-likeness (QED) is 0.791. The van der Waals surface area contributed by atoms with Crippen molar-refractivity contribution in [3.8, 4) is 0 Å². The van der Waals surface area contributed by atoms with E-state index in [0.29, 0.717) is 19.4 Å². The van der Waals surface area contributed by atoms with Crippen LogP contribution in [0.4, 0.5) is 0 Å². The SMILES string of the molecule is CCCC1NC(=O)CC(C)N(Cc2ccc(I)cc2)C1=O. The molecule has 1 aliphatic heterocycles. The summed E-state index contributed by atoms with van der Waals surface area (Å²) in [4.78, 5) is 26.4. The maximum absolute atomic E-state index is 12.7. The molecule has 4 nitrogen and oxygen atoms in total. The van der Waals surface area contributed by atoms with Crippen molar-refractivity contribution in [2.45, 2.75) is 51.7 Å². The van der Waals surface area contributed by atoms with Gasteiger partial charge in [0.05, 0.1) is 0 Å². The Morgan fingerprint density at radius 1 is 1.29 bits per heavy atom. The molecular weight excluding hydrogens is 379 g/mol. The standard InChI is InChI=1S/C16H21IN2O2/c1-3-4-14-16(21)19(11(2)9-15(20)18-14)10-12-5-7-13(17)8-6-12/h5-8,11,14H,3-4,9-10H2,1-2H3,(H,18,20). The van der Waals surface area contributed by atoms with Gasteiger partial charge in [0, 0.05) is 22.6 Å². The number of nitrogens with one attached hydrogen (secondary N) is 1. The van der Waals surface area contributed by atoms with Gasteiger partial charge < -0.3 is 10.2 Å². The summed E-state index contributed by atoms with van der Waals surface area (Å²) in [5, 5.41) is 2.85. The minimum Gasteiger partial charge on any atom is -0.344 e. The summed E-state index contributed by atoms with van der Waals surface area (Å²) in [7, 11) is 0. The van der Waals surface area contributed by atoms with E-state index in [1.165, 1.54) is 3.57 Å². The maximum atomic E-state index is 12.7. The van der Waals surface area contributed by atoms with E-state index in [0.717, 1.165) is 12.0 Å². The van der Waals surface area contributed by atoms with Gasteiger partial charge in [0.25, 0.3) is 0 Å². The predicted molar refractivity (Wildman–Crippen MR) is 90.6 cm³/mol. The number of carbonyl (C=O) groups excluding carboxylic acids is 2. The Labute approximate surface area is 139 Å². The van der Waals surface area contributed by atoms with E-state index in [1.54, 1.807) is 0 Å². The van der Waals surface area contributed by atoms with E-state index in [1.807, 2.05) is 43.0 Å². The van der Waals surface area contributed by atoms with Crippen LogP contribution in [0.15, 0.2) is 24.3 Å². The van der Waals surface area contributed by atoms with Crippen LogP contribution >= 0.6 is 22.6 Å². The smallest absolute Gasteiger partial charge is 0.245 e. The molecule has 1 saturated heterocycles. The number of hydrogen-bond acceptors (Lipinski definition) is 2. The zero-order valence-electron chi connectivity index (χ0n) is 12.4. The summed E-state index contributed by atoms with van der Waals surface area (Å²) in [5.74, 6) is 0.00756. The summed E-state index contributed by atoms with van der Waals surface area (Å²) < 4.78 is 1.17. The van der Waals surface area contributed by atoms with Crippen molar-refractivity contribution in [2.24, 2.45) is 0 Å². The van der Waals surface area contributed by atoms with E-state index in [2.05, 4.69) is 27.9 Å². The third kappa shape index (κ3) is 4.18. The molecule has 2 amide bonds. The molecule has 2 atom stereocenters.